The van der Waals surface area contributed by atoms with Gasteiger partial charge in [0, 0.05) is 19.3 Å². The molecule has 1 heterocycles. The van der Waals surface area contributed by atoms with Crippen molar-refractivity contribution in [3.05, 3.63) is 18.2 Å². The van der Waals surface area contributed by atoms with Gasteiger partial charge in [-0.15, -0.1) is 0 Å². The minimum absolute atomic E-state index is 0.470. The smallest absolute Gasteiger partial charge is 0.0946 e. The monoisotopic (exact) mass is 293 g/mol. The van der Waals surface area contributed by atoms with Crippen molar-refractivity contribution in [1.82, 2.24) is 14.9 Å². The molecule has 3 nitrogen and oxygen atoms in total. The first-order valence-corrected chi connectivity index (χ1v) is 8.99. The second-order valence-electron chi connectivity index (χ2n) is 6.20. The Bertz CT molecular complexity index is 346. The van der Waals surface area contributed by atoms with E-state index in [1.165, 1.54) is 69.9 Å². The first kappa shape index (κ1) is 18.2. The highest BCUT2D eigenvalue weighted by Gasteiger charge is 2.13. The molecule has 0 amide bonds. The number of rotatable bonds is 13. The van der Waals surface area contributed by atoms with E-state index in [0.29, 0.717) is 6.04 Å². The molecule has 0 saturated carbocycles. The standard InChI is InChI=1S/C18H35N3/c1-4-6-7-8-9-10-11-12-13-17(20-14-5-2)18-15-19-16-21(18)3/h15-17,20H,4-14H2,1-3H3. The molecule has 3 heteroatoms. The number of hydrogen-bond acceptors (Lipinski definition) is 2. The largest absolute Gasteiger partial charge is 0.336 e. The van der Waals surface area contributed by atoms with Crippen molar-refractivity contribution in [1.29, 1.82) is 0 Å². The van der Waals surface area contributed by atoms with Crippen molar-refractivity contribution in [3.8, 4) is 0 Å². The number of hydrogen-bond donors (Lipinski definition) is 1. The van der Waals surface area contributed by atoms with Gasteiger partial charge in [0.05, 0.1) is 12.0 Å². The fourth-order valence-electron chi connectivity index (χ4n) is 2.86. The van der Waals surface area contributed by atoms with Gasteiger partial charge in [-0.3, -0.25) is 0 Å². The first-order chi connectivity index (χ1) is 10.3. The van der Waals surface area contributed by atoms with Crippen molar-refractivity contribution >= 4 is 0 Å². The van der Waals surface area contributed by atoms with Gasteiger partial charge in [0.2, 0.25) is 0 Å². The summed E-state index contributed by atoms with van der Waals surface area (Å²) in [5.74, 6) is 0. The van der Waals surface area contributed by atoms with Crippen LogP contribution in [0.15, 0.2) is 12.5 Å². The Labute approximate surface area is 131 Å². The maximum Gasteiger partial charge on any atom is 0.0946 e. The number of imidazole rings is 1. The molecule has 1 aromatic heterocycles. The summed E-state index contributed by atoms with van der Waals surface area (Å²) < 4.78 is 2.15. The zero-order valence-electron chi connectivity index (χ0n) is 14.4. The van der Waals surface area contributed by atoms with Crippen molar-refractivity contribution in [2.75, 3.05) is 6.54 Å². The summed E-state index contributed by atoms with van der Waals surface area (Å²) in [6.45, 7) is 5.60. The van der Waals surface area contributed by atoms with Gasteiger partial charge < -0.3 is 9.88 Å². The molecule has 122 valence electrons. The molecule has 0 aliphatic heterocycles. The predicted octanol–water partition coefficient (Wildman–Crippen LogP) is 4.99. The number of aryl methyl sites for hydroxylation is 1. The first-order valence-electron chi connectivity index (χ1n) is 8.99. The zero-order chi connectivity index (χ0) is 15.3. The van der Waals surface area contributed by atoms with Gasteiger partial charge in [0.15, 0.2) is 0 Å². The number of nitrogens with one attached hydrogen (secondary N) is 1. The highest BCUT2D eigenvalue weighted by molar-refractivity contribution is 5.04. The zero-order valence-corrected chi connectivity index (χ0v) is 14.4. The normalized spacial score (nSPS) is 12.7. The molecule has 1 rings (SSSR count). The van der Waals surface area contributed by atoms with Crippen LogP contribution in [-0.4, -0.2) is 16.1 Å². The maximum atomic E-state index is 4.26. The molecule has 0 bridgehead atoms. The molecule has 0 aliphatic rings. The van der Waals surface area contributed by atoms with Gasteiger partial charge in [-0.25, -0.2) is 4.98 Å². The highest BCUT2D eigenvalue weighted by atomic mass is 15.1. The lowest BCUT2D eigenvalue weighted by atomic mass is 10.0. The second-order valence-corrected chi connectivity index (χ2v) is 6.20. The summed E-state index contributed by atoms with van der Waals surface area (Å²) in [4.78, 5) is 4.26. The molecule has 0 saturated heterocycles. The molecular formula is C18H35N3. The van der Waals surface area contributed by atoms with Crippen LogP contribution in [0.2, 0.25) is 0 Å². The van der Waals surface area contributed by atoms with E-state index < -0.39 is 0 Å². The number of unbranched alkanes of at least 4 members (excludes halogenated alkanes) is 7. The topological polar surface area (TPSA) is 29.9 Å². The minimum Gasteiger partial charge on any atom is -0.336 e. The van der Waals surface area contributed by atoms with E-state index in [4.69, 9.17) is 0 Å². The highest BCUT2D eigenvalue weighted by Crippen LogP contribution is 2.20. The van der Waals surface area contributed by atoms with Crippen molar-refractivity contribution in [3.63, 3.8) is 0 Å². The van der Waals surface area contributed by atoms with Crippen molar-refractivity contribution < 1.29 is 0 Å². The molecule has 21 heavy (non-hydrogen) atoms. The van der Waals surface area contributed by atoms with Gasteiger partial charge in [-0.05, 0) is 19.4 Å². The SMILES string of the molecule is CCCCCCCCCCC(NCCC)c1cncn1C. The fraction of sp³-hybridized carbons (Fsp3) is 0.833. The number of aromatic nitrogens is 2. The molecule has 0 spiro atoms. The molecule has 1 aromatic rings. The quantitative estimate of drug-likeness (QED) is 0.519. The lowest BCUT2D eigenvalue weighted by Gasteiger charge is -2.19. The van der Waals surface area contributed by atoms with Crippen LogP contribution in [0.5, 0.6) is 0 Å². The Morgan fingerprint density at radius 1 is 1.00 bits per heavy atom. The molecule has 0 radical (unpaired) electrons. The van der Waals surface area contributed by atoms with Crippen LogP contribution in [0, 0.1) is 0 Å². The van der Waals surface area contributed by atoms with E-state index in [1.54, 1.807) is 0 Å². The Kier molecular flexibility index (Phi) is 10.2. The van der Waals surface area contributed by atoms with E-state index in [1.807, 2.05) is 12.5 Å². The van der Waals surface area contributed by atoms with Gasteiger partial charge in [0.25, 0.3) is 0 Å². The van der Waals surface area contributed by atoms with Gasteiger partial charge in [-0.1, -0.05) is 65.2 Å². The average Bonchev–Trinajstić information content (AvgIpc) is 2.91. The van der Waals surface area contributed by atoms with Gasteiger partial charge in [-0.2, -0.15) is 0 Å². The Hall–Kier alpha value is -0.830. The Morgan fingerprint density at radius 3 is 2.24 bits per heavy atom. The van der Waals surface area contributed by atoms with Crippen molar-refractivity contribution in [2.24, 2.45) is 7.05 Å². The second kappa shape index (κ2) is 11.8. The molecule has 0 aliphatic carbocycles. The van der Waals surface area contributed by atoms with Crippen LogP contribution in [0.3, 0.4) is 0 Å². The Morgan fingerprint density at radius 2 is 1.67 bits per heavy atom. The van der Waals surface area contributed by atoms with E-state index in [-0.39, 0.29) is 0 Å². The summed E-state index contributed by atoms with van der Waals surface area (Å²) in [6, 6.07) is 0.470. The lowest BCUT2D eigenvalue weighted by Crippen LogP contribution is -2.24. The third-order valence-electron chi connectivity index (χ3n) is 4.20. The molecule has 0 aromatic carbocycles. The Balaban J connectivity index is 2.20. The van der Waals surface area contributed by atoms with E-state index in [2.05, 4.69) is 35.8 Å². The van der Waals surface area contributed by atoms with Crippen LogP contribution >= 0.6 is 0 Å². The molecule has 1 atom stereocenters. The minimum atomic E-state index is 0.470. The molecule has 0 fully saturated rings. The lowest BCUT2D eigenvalue weighted by molar-refractivity contribution is 0.448. The molecule has 1 unspecified atom stereocenters. The van der Waals surface area contributed by atoms with Gasteiger partial charge >= 0.3 is 0 Å². The molecule has 1 N–H and O–H groups in total. The van der Waals surface area contributed by atoms with Gasteiger partial charge in [0.1, 0.15) is 0 Å². The van der Waals surface area contributed by atoms with Crippen LogP contribution in [0.4, 0.5) is 0 Å². The predicted molar refractivity (Wildman–Crippen MR) is 91.5 cm³/mol. The van der Waals surface area contributed by atoms with Crippen molar-refractivity contribution in [2.45, 2.75) is 84.1 Å². The summed E-state index contributed by atoms with van der Waals surface area (Å²) >= 11 is 0. The van der Waals surface area contributed by atoms with Crippen LogP contribution in [0.1, 0.15) is 89.8 Å². The summed E-state index contributed by atoms with van der Waals surface area (Å²) in [5.41, 5.74) is 1.33. The van der Waals surface area contributed by atoms with E-state index >= 15 is 0 Å². The molecular weight excluding hydrogens is 258 g/mol. The van der Waals surface area contributed by atoms with E-state index in [0.717, 1.165) is 6.54 Å². The summed E-state index contributed by atoms with van der Waals surface area (Å²) in [5, 5.41) is 3.67. The van der Waals surface area contributed by atoms with Crippen LogP contribution in [-0.2, 0) is 7.05 Å². The van der Waals surface area contributed by atoms with E-state index in [9.17, 15) is 0 Å². The van der Waals surface area contributed by atoms with Crippen LogP contribution < -0.4 is 5.32 Å². The third kappa shape index (κ3) is 7.66. The summed E-state index contributed by atoms with van der Waals surface area (Å²) in [6.07, 6.45) is 17.4. The average molecular weight is 293 g/mol. The number of nitrogens with zero attached hydrogens (tertiary/aromatic N) is 2. The summed E-state index contributed by atoms with van der Waals surface area (Å²) in [7, 11) is 2.09. The fourth-order valence-corrected chi connectivity index (χ4v) is 2.86. The maximum absolute atomic E-state index is 4.26. The van der Waals surface area contributed by atoms with Crippen LogP contribution in [0.25, 0.3) is 0 Å². The third-order valence-corrected chi connectivity index (χ3v) is 4.20.